The monoisotopic (exact) mass is 245 g/mol. The molecule has 1 heterocycles. The summed E-state index contributed by atoms with van der Waals surface area (Å²) in [6, 6.07) is 6.21. The van der Waals surface area contributed by atoms with E-state index in [1.165, 1.54) is 18.4 Å². The Kier molecular flexibility index (Phi) is 3.97. The Morgan fingerprint density at radius 1 is 1.39 bits per heavy atom. The van der Waals surface area contributed by atoms with Gasteiger partial charge in [-0.1, -0.05) is 26.3 Å². The van der Waals surface area contributed by atoms with Crippen LogP contribution in [-0.4, -0.2) is 15.9 Å². The number of hydrogen-bond acceptors (Lipinski definition) is 2. The van der Waals surface area contributed by atoms with Crippen molar-refractivity contribution in [2.45, 2.75) is 39.5 Å². The zero-order valence-corrected chi connectivity index (χ0v) is 10.9. The number of anilines is 1. The number of imidazole rings is 1. The maximum absolute atomic E-state index is 11.3. The summed E-state index contributed by atoms with van der Waals surface area (Å²) in [5.74, 6) is 0.504. The van der Waals surface area contributed by atoms with Crippen LogP contribution >= 0.6 is 0 Å². The molecule has 0 aliphatic rings. The third kappa shape index (κ3) is 2.88. The maximum Gasteiger partial charge on any atom is 0.226 e. The number of benzene rings is 1. The van der Waals surface area contributed by atoms with Gasteiger partial charge in [0, 0.05) is 6.42 Å². The minimum absolute atomic E-state index is 0.0275. The van der Waals surface area contributed by atoms with Gasteiger partial charge in [-0.25, -0.2) is 4.98 Å². The van der Waals surface area contributed by atoms with Gasteiger partial charge in [-0.15, -0.1) is 0 Å². The number of aromatic amines is 1. The molecule has 0 saturated carbocycles. The summed E-state index contributed by atoms with van der Waals surface area (Å²) >= 11 is 0. The molecule has 0 fully saturated rings. The topological polar surface area (TPSA) is 57.8 Å². The SMILES string of the molecule is CCCCc1ccc2nc(NC(=O)CC)[nH]c2c1. The van der Waals surface area contributed by atoms with Gasteiger partial charge in [0.1, 0.15) is 0 Å². The lowest BCUT2D eigenvalue weighted by molar-refractivity contribution is -0.115. The number of carbonyl (C=O) groups is 1. The van der Waals surface area contributed by atoms with Crippen molar-refractivity contribution >= 4 is 22.9 Å². The number of rotatable bonds is 5. The molecule has 0 unspecified atom stereocenters. The van der Waals surface area contributed by atoms with Crippen molar-refractivity contribution in [1.29, 1.82) is 0 Å². The minimum Gasteiger partial charge on any atom is -0.324 e. The second-order valence-electron chi connectivity index (χ2n) is 4.44. The van der Waals surface area contributed by atoms with Crippen LogP contribution in [0.5, 0.6) is 0 Å². The van der Waals surface area contributed by atoms with Crippen molar-refractivity contribution in [2.24, 2.45) is 0 Å². The molecule has 2 N–H and O–H groups in total. The molecule has 4 nitrogen and oxygen atoms in total. The van der Waals surface area contributed by atoms with Gasteiger partial charge in [0.15, 0.2) is 0 Å². The molecule has 0 radical (unpaired) electrons. The normalized spacial score (nSPS) is 10.8. The Morgan fingerprint density at radius 2 is 2.22 bits per heavy atom. The van der Waals surface area contributed by atoms with E-state index in [1.807, 2.05) is 13.0 Å². The second-order valence-corrected chi connectivity index (χ2v) is 4.44. The Labute approximate surface area is 107 Å². The van der Waals surface area contributed by atoms with Crippen LogP contribution in [0.3, 0.4) is 0 Å². The zero-order chi connectivity index (χ0) is 13.0. The van der Waals surface area contributed by atoms with Crippen molar-refractivity contribution in [1.82, 2.24) is 9.97 Å². The van der Waals surface area contributed by atoms with Crippen LogP contribution in [0.1, 0.15) is 38.7 Å². The Balaban J connectivity index is 2.19. The van der Waals surface area contributed by atoms with Crippen LogP contribution in [-0.2, 0) is 11.2 Å². The number of unbranched alkanes of at least 4 members (excludes halogenated alkanes) is 1. The molecule has 2 aromatic rings. The van der Waals surface area contributed by atoms with E-state index in [2.05, 4.69) is 34.3 Å². The fourth-order valence-corrected chi connectivity index (χ4v) is 1.87. The number of H-pyrrole nitrogens is 1. The molecule has 96 valence electrons. The van der Waals surface area contributed by atoms with Gasteiger partial charge < -0.3 is 4.98 Å². The first-order valence-corrected chi connectivity index (χ1v) is 6.51. The standard InChI is InChI=1S/C14H19N3O/c1-3-5-6-10-7-8-11-12(9-10)16-14(15-11)17-13(18)4-2/h7-9H,3-6H2,1-2H3,(H2,15,16,17,18). The van der Waals surface area contributed by atoms with Crippen molar-refractivity contribution in [3.63, 3.8) is 0 Å². The number of carbonyl (C=O) groups excluding carboxylic acids is 1. The lowest BCUT2D eigenvalue weighted by atomic mass is 10.1. The second kappa shape index (κ2) is 5.67. The van der Waals surface area contributed by atoms with Gasteiger partial charge in [-0.05, 0) is 30.5 Å². The summed E-state index contributed by atoms with van der Waals surface area (Å²) in [6.07, 6.45) is 3.93. The summed E-state index contributed by atoms with van der Waals surface area (Å²) in [6.45, 7) is 4.01. The number of amides is 1. The molecule has 4 heteroatoms. The number of nitrogens with zero attached hydrogens (tertiary/aromatic N) is 1. The molecule has 1 amide bonds. The number of aryl methyl sites for hydroxylation is 1. The lowest BCUT2D eigenvalue weighted by Crippen LogP contribution is -2.10. The van der Waals surface area contributed by atoms with E-state index in [-0.39, 0.29) is 5.91 Å². The van der Waals surface area contributed by atoms with Crippen molar-refractivity contribution in [2.75, 3.05) is 5.32 Å². The summed E-state index contributed by atoms with van der Waals surface area (Å²) in [4.78, 5) is 18.8. The first-order valence-electron chi connectivity index (χ1n) is 6.51. The number of fused-ring (bicyclic) bond motifs is 1. The fourth-order valence-electron chi connectivity index (χ4n) is 1.87. The third-order valence-corrected chi connectivity index (χ3v) is 2.94. The van der Waals surface area contributed by atoms with E-state index >= 15 is 0 Å². The molecule has 0 atom stereocenters. The van der Waals surface area contributed by atoms with Crippen molar-refractivity contribution < 1.29 is 4.79 Å². The van der Waals surface area contributed by atoms with E-state index in [0.717, 1.165) is 17.5 Å². The minimum atomic E-state index is -0.0275. The highest BCUT2D eigenvalue weighted by Gasteiger charge is 2.05. The van der Waals surface area contributed by atoms with Crippen LogP contribution in [0.15, 0.2) is 18.2 Å². The molecule has 0 aliphatic carbocycles. The van der Waals surface area contributed by atoms with Gasteiger partial charge in [-0.2, -0.15) is 0 Å². The number of hydrogen-bond donors (Lipinski definition) is 2. The first-order chi connectivity index (χ1) is 8.72. The van der Waals surface area contributed by atoms with Crippen LogP contribution in [0.25, 0.3) is 11.0 Å². The molecule has 2 rings (SSSR count). The van der Waals surface area contributed by atoms with Crippen LogP contribution in [0, 0.1) is 0 Å². The predicted molar refractivity (Wildman–Crippen MR) is 73.6 cm³/mol. The maximum atomic E-state index is 11.3. The average molecular weight is 245 g/mol. The molecular weight excluding hydrogens is 226 g/mol. The molecular formula is C14H19N3O. The van der Waals surface area contributed by atoms with Gasteiger partial charge in [0.2, 0.25) is 11.9 Å². The Morgan fingerprint density at radius 3 is 2.94 bits per heavy atom. The third-order valence-electron chi connectivity index (χ3n) is 2.94. The Hall–Kier alpha value is -1.84. The molecule has 0 spiro atoms. The smallest absolute Gasteiger partial charge is 0.226 e. The van der Waals surface area contributed by atoms with Gasteiger partial charge in [-0.3, -0.25) is 10.1 Å². The van der Waals surface area contributed by atoms with Crippen LogP contribution < -0.4 is 5.32 Å². The number of nitrogens with one attached hydrogen (secondary N) is 2. The fraction of sp³-hybridized carbons (Fsp3) is 0.429. The zero-order valence-electron chi connectivity index (χ0n) is 10.9. The molecule has 1 aromatic heterocycles. The average Bonchev–Trinajstić information content (AvgIpc) is 2.77. The van der Waals surface area contributed by atoms with E-state index in [9.17, 15) is 4.79 Å². The molecule has 18 heavy (non-hydrogen) atoms. The Bertz CT molecular complexity index is 545. The van der Waals surface area contributed by atoms with E-state index in [4.69, 9.17) is 0 Å². The molecule has 0 aliphatic heterocycles. The van der Waals surface area contributed by atoms with Crippen molar-refractivity contribution in [3.05, 3.63) is 23.8 Å². The highest BCUT2D eigenvalue weighted by Crippen LogP contribution is 2.17. The lowest BCUT2D eigenvalue weighted by Gasteiger charge is -1.98. The number of aromatic nitrogens is 2. The summed E-state index contributed by atoms with van der Waals surface area (Å²) in [5.41, 5.74) is 3.18. The van der Waals surface area contributed by atoms with E-state index in [1.54, 1.807) is 0 Å². The summed E-state index contributed by atoms with van der Waals surface area (Å²) < 4.78 is 0. The van der Waals surface area contributed by atoms with E-state index < -0.39 is 0 Å². The highest BCUT2D eigenvalue weighted by atomic mass is 16.1. The first kappa shape index (κ1) is 12.6. The molecule has 1 aromatic carbocycles. The van der Waals surface area contributed by atoms with E-state index in [0.29, 0.717) is 12.4 Å². The predicted octanol–water partition coefficient (Wildman–Crippen LogP) is 3.25. The molecule has 0 bridgehead atoms. The summed E-state index contributed by atoms with van der Waals surface area (Å²) in [7, 11) is 0. The van der Waals surface area contributed by atoms with Gasteiger partial charge in [0.05, 0.1) is 11.0 Å². The van der Waals surface area contributed by atoms with Crippen molar-refractivity contribution in [3.8, 4) is 0 Å². The van der Waals surface area contributed by atoms with Gasteiger partial charge >= 0.3 is 0 Å². The van der Waals surface area contributed by atoms with Gasteiger partial charge in [0.25, 0.3) is 0 Å². The largest absolute Gasteiger partial charge is 0.324 e. The summed E-state index contributed by atoms with van der Waals surface area (Å²) in [5, 5.41) is 2.74. The van der Waals surface area contributed by atoms with Crippen LogP contribution in [0.2, 0.25) is 0 Å². The molecule has 0 saturated heterocycles. The van der Waals surface area contributed by atoms with Crippen LogP contribution in [0.4, 0.5) is 5.95 Å². The highest BCUT2D eigenvalue weighted by molar-refractivity contribution is 5.90. The quantitative estimate of drug-likeness (QED) is 0.849.